The Hall–Kier alpha value is -1.58. The lowest BCUT2D eigenvalue weighted by molar-refractivity contribution is 0.0724. The highest BCUT2D eigenvalue weighted by Crippen LogP contribution is 2.21. The quantitative estimate of drug-likeness (QED) is 0.835. The van der Waals surface area contributed by atoms with Gasteiger partial charge in [-0.3, -0.25) is 4.79 Å². The molecule has 1 amide bonds. The molecule has 0 N–H and O–H groups in total. The van der Waals surface area contributed by atoms with E-state index in [2.05, 4.69) is 23.7 Å². The van der Waals surface area contributed by atoms with Gasteiger partial charge in [-0.15, -0.1) is 0 Å². The average molecular weight is 289 g/mol. The van der Waals surface area contributed by atoms with Crippen LogP contribution in [-0.2, 0) is 0 Å². The van der Waals surface area contributed by atoms with Gasteiger partial charge in [-0.05, 0) is 37.3 Å². The summed E-state index contributed by atoms with van der Waals surface area (Å²) in [6.07, 6.45) is 6.37. The average Bonchev–Trinajstić information content (AvgIpc) is 2.54. The summed E-state index contributed by atoms with van der Waals surface area (Å²) in [7, 11) is 2.03. The number of piperidine rings is 1. The van der Waals surface area contributed by atoms with Crippen LogP contribution in [-0.4, -0.2) is 42.5 Å². The van der Waals surface area contributed by atoms with Gasteiger partial charge in [-0.1, -0.05) is 20.3 Å². The number of nitrogens with zero attached hydrogens (tertiary/aromatic N) is 3. The molecule has 0 radical (unpaired) electrons. The monoisotopic (exact) mass is 289 g/mol. The lowest BCUT2D eigenvalue weighted by Gasteiger charge is -2.29. The summed E-state index contributed by atoms with van der Waals surface area (Å²) in [4.78, 5) is 21.3. The molecule has 1 saturated heterocycles. The number of hydrogen-bond donors (Lipinski definition) is 0. The molecule has 0 saturated carbocycles. The van der Waals surface area contributed by atoms with Crippen LogP contribution in [0, 0.1) is 5.92 Å². The second-order valence-electron chi connectivity index (χ2n) is 6.12. The second kappa shape index (κ2) is 7.43. The fourth-order valence-corrected chi connectivity index (χ4v) is 2.82. The third-order valence-electron chi connectivity index (χ3n) is 4.30. The van der Waals surface area contributed by atoms with Gasteiger partial charge in [0.05, 0.1) is 5.56 Å². The van der Waals surface area contributed by atoms with Gasteiger partial charge in [0.2, 0.25) is 0 Å². The van der Waals surface area contributed by atoms with Crippen LogP contribution in [0.1, 0.15) is 49.9 Å². The van der Waals surface area contributed by atoms with Crippen LogP contribution in [0.3, 0.4) is 0 Å². The highest BCUT2D eigenvalue weighted by atomic mass is 16.2. The minimum Gasteiger partial charge on any atom is -0.359 e. The zero-order valence-electron chi connectivity index (χ0n) is 13.5. The smallest absolute Gasteiger partial charge is 0.257 e. The molecule has 0 bridgehead atoms. The summed E-state index contributed by atoms with van der Waals surface area (Å²) in [5.74, 6) is 1.54. The maximum Gasteiger partial charge on any atom is 0.257 e. The van der Waals surface area contributed by atoms with Gasteiger partial charge in [-0.25, -0.2) is 4.98 Å². The zero-order valence-corrected chi connectivity index (χ0v) is 13.5. The van der Waals surface area contributed by atoms with E-state index in [1.165, 1.54) is 6.42 Å². The third kappa shape index (κ3) is 3.96. The van der Waals surface area contributed by atoms with Crippen molar-refractivity contribution in [2.24, 2.45) is 5.92 Å². The Morgan fingerprint density at radius 2 is 2.10 bits per heavy atom. The van der Waals surface area contributed by atoms with Gasteiger partial charge in [-0.2, -0.15) is 0 Å². The molecule has 0 aromatic carbocycles. The molecule has 1 fully saturated rings. The van der Waals surface area contributed by atoms with E-state index >= 15 is 0 Å². The number of carbonyl (C=O) groups is 1. The minimum atomic E-state index is 0.133. The number of rotatable bonds is 5. The van der Waals surface area contributed by atoms with Gasteiger partial charge in [0.15, 0.2) is 0 Å². The summed E-state index contributed by atoms with van der Waals surface area (Å²) in [5.41, 5.74) is 0.741. The Labute approximate surface area is 128 Å². The minimum absolute atomic E-state index is 0.133. The first-order valence-electron chi connectivity index (χ1n) is 8.09. The number of amides is 1. The lowest BCUT2D eigenvalue weighted by atomic mass is 10.1. The van der Waals surface area contributed by atoms with Crippen LogP contribution < -0.4 is 4.90 Å². The van der Waals surface area contributed by atoms with Gasteiger partial charge >= 0.3 is 0 Å². The molecular weight excluding hydrogens is 262 g/mol. The molecule has 4 nitrogen and oxygen atoms in total. The Balaban J connectivity index is 2.17. The van der Waals surface area contributed by atoms with Gasteiger partial charge in [0.25, 0.3) is 5.91 Å². The summed E-state index contributed by atoms with van der Waals surface area (Å²) in [6, 6.07) is 3.77. The Kier molecular flexibility index (Phi) is 5.59. The number of carbonyl (C=O) groups excluding carboxylic acids is 1. The van der Waals surface area contributed by atoms with Crippen LogP contribution in [0.15, 0.2) is 18.3 Å². The van der Waals surface area contributed by atoms with E-state index in [0.29, 0.717) is 5.92 Å². The van der Waals surface area contributed by atoms with Crippen molar-refractivity contribution in [2.75, 3.05) is 31.6 Å². The molecule has 1 aromatic heterocycles. The fraction of sp³-hybridized carbons (Fsp3) is 0.647. The van der Waals surface area contributed by atoms with Crippen LogP contribution in [0.2, 0.25) is 0 Å². The molecule has 2 heterocycles. The maximum atomic E-state index is 12.7. The Bertz CT molecular complexity index is 469. The Morgan fingerprint density at radius 1 is 1.38 bits per heavy atom. The molecule has 1 atom stereocenters. The summed E-state index contributed by atoms with van der Waals surface area (Å²) >= 11 is 0. The molecule has 2 rings (SSSR count). The normalized spacial score (nSPS) is 16.6. The zero-order chi connectivity index (χ0) is 15.2. The topological polar surface area (TPSA) is 36.4 Å². The van der Waals surface area contributed by atoms with Crippen LogP contribution in [0.25, 0.3) is 0 Å². The highest BCUT2D eigenvalue weighted by Gasteiger charge is 2.22. The SMILES string of the molecule is CCC(C)CN(C)c1ncccc1C(=O)N1CCCCC1. The van der Waals surface area contributed by atoms with E-state index in [1.54, 1.807) is 6.20 Å². The standard InChI is InChI=1S/C17H27N3O/c1-4-14(2)13-19(3)16-15(9-8-10-18-16)17(21)20-11-6-5-7-12-20/h8-10,14H,4-7,11-13H2,1-3H3. The number of aromatic nitrogens is 1. The molecule has 0 aliphatic carbocycles. The summed E-state index contributed by atoms with van der Waals surface area (Å²) < 4.78 is 0. The van der Waals surface area contributed by atoms with Gasteiger partial charge in [0.1, 0.15) is 5.82 Å². The molecule has 1 aromatic rings. The number of pyridine rings is 1. The van der Waals surface area contributed by atoms with Crippen molar-refractivity contribution in [2.45, 2.75) is 39.5 Å². The molecule has 0 spiro atoms. The molecule has 1 aliphatic heterocycles. The van der Waals surface area contributed by atoms with E-state index in [0.717, 1.165) is 50.3 Å². The fourth-order valence-electron chi connectivity index (χ4n) is 2.82. The molecule has 1 unspecified atom stereocenters. The number of hydrogen-bond acceptors (Lipinski definition) is 3. The van der Waals surface area contributed by atoms with Crippen molar-refractivity contribution in [1.82, 2.24) is 9.88 Å². The first-order chi connectivity index (χ1) is 10.1. The van der Waals surface area contributed by atoms with Crippen LogP contribution in [0.4, 0.5) is 5.82 Å². The van der Waals surface area contributed by atoms with E-state index in [-0.39, 0.29) is 5.91 Å². The lowest BCUT2D eigenvalue weighted by Crippen LogP contribution is -2.37. The van der Waals surface area contributed by atoms with Crippen molar-refractivity contribution in [3.8, 4) is 0 Å². The van der Waals surface area contributed by atoms with E-state index < -0.39 is 0 Å². The predicted molar refractivity (Wildman–Crippen MR) is 86.7 cm³/mol. The molecule has 116 valence electrons. The third-order valence-corrected chi connectivity index (χ3v) is 4.30. The van der Waals surface area contributed by atoms with Crippen molar-refractivity contribution in [3.05, 3.63) is 23.9 Å². The highest BCUT2D eigenvalue weighted by molar-refractivity contribution is 5.98. The Morgan fingerprint density at radius 3 is 2.76 bits per heavy atom. The second-order valence-corrected chi connectivity index (χ2v) is 6.12. The van der Waals surface area contributed by atoms with Crippen molar-refractivity contribution in [3.63, 3.8) is 0 Å². The van der Waals surface area contributed by atoms with E-state index in [4.69, 9.17) is 0 Å². The number of anilines is 1. The van der Waals surface area contributed by atoms with E-state index in [1.807, 2.05) is 24.1 Å². The first-order valence-corrected chi connectivity index (χ1v) is 8.09. The molecular formula is C17H27N3O. The van der Waals surface area contributed by atoms with Crippen molar-refractivity contribution in [1.29, 1.82) is 0 Å². The van der Waals surface area contributed by atoms with Gasteiger partial charge in [0, 0.05) is 32.9 Å². The largest absolute Gasteiger partial charge is 0.359 e. The first kappa shape index (κ1) is 15.8. The molecule has 21 heavy (non-hydrogen) atoms. The van der Waals surface area contributed by atoms with Crippen LogP contribution in [0.5, 0.6) is 0 Å². The predicted octanol–water partition coefficient (Wildman–Crippen LogP) is 3.19. The maximum absolute atomic E-state index is 12.7. The van der Waals surface area contributed by atoms with Gasteiger partial charge < -0.3 is 9.80 Å². The summed E-state index contributed by atoms with van der Waals surface area (Å²) in [6.45, 7) is 7.10. The molecule has 1 aliphatic rings. The van der Waals surface area contributed by atoms with Crippen molar-refractivity contribution >= 4 is 11.7 Å². The van der Waals surface area contributed by atoms with Crippen LogP contribution >= 0.6 is 0 Å². The van der Waals surface area contributed by atoms with Crippen molar-refractivity contribution < 1.29 is 4.79 Å². The number of likely N-dealkylation sites (tertiary alicyclic amines) is 1. The van der Waals surface area contributed by atoms with E-state index in [9.17, 15) is 4.79 Å². The summed E-state index contributed by atoms with van der Waals surface area (Å²) in [5, 5.41) is 0. The molecule has 4 heteroatoms.